The van der Waals surface area contributed by atoms with Crippen molar-refractivity contribution in [2.24, 2.45) is 0 Å². The van der Waals surface area contributed by atoms with Gasteiger partial charge in [-0.25, -0.2) is 4.98 Å². The molecule has 0 saturated carbocycles. The Bertz CT molecular complexity index is 986. The SMILES string of the molecule is COc1cc(-c2c(-c3ccccc3)cnc(N)c2C#N)cc(OC)c1OC. The van der Waals surface area contributed by atoms with E-state index in [1.54, 1.807) is 39.7 Å². The number of hydrogen-bond donors (Lipinski definition) is 1. The van der Waals surface area contributed by atoms with Gasteiger partial charge in [-0.15, -0.1) is 0 Å². The maximum atomic E-state index is 9.73. The highest BCUT2D eigenvalue weighted by Gasteiger charge is 2.21. The van der Waals surface area contributed by atoms with Crippen molar-refractivity contribution >= 4 is 5.82 Å². The van der Waals surface area contributed by atoms with E-state index >= 15 is 0 Å². The Morgan fingerprint density at radius 1 is 0.926 bits per heavy atom. The molecule has 0 bridgehead atoms. The summed E-state index contributed by atoms with van der Waals surface area (Å²) >= 11 is 0. The van der Waals surface area contributed by atoms with Gasteiger partial charge in [0.15, 0.2) is 11.5 Å². The van der Waals surface area contributed by atoms with E-state index in [1.165, 1.54) is 0 Å². The fourth-order valence-electron chi connectivity index (χ4n) is 3.00. The van der Waals surface area contributed by atoms with Crippen molar-refractivity contribution < 1.29 is 14.2 Å². The van der Waals surface area contributed by atoms with E-state index in [9.17, 15) is 5.26 Å². The standard InChI is InChI=1S/C21H19N3O3/c1-25-17-9-14(10-18(26-2)20(17)27-3)19-15(11-22)21(23)24-12-16(19)13-7-5-4-6-8-13/h4-10,12H,1-3H3,(H2,23,24). The number of hydrogen-bond acceptors (Lipinski definition) is 6. The number of pyridine rings is 1. The summed E-state index contributed by atoms with van der Waals surface area (Å²) in [6.45, 7) is 0. The van der Waals surface area contributed by atoms with E-state index in [1.807, 2.05) is 30.3 Å². The second-order valence-corrected chi connectivity index (χ2v) is 5.70. The molecule has 27 heavy (non-hydrogen) atoms. The van der Waals surface area contributed by atoms with Gasteiger partial charge in [0, 0.05) is 17.3 Å². The van der Waals surface area contributed by atoms with Crippen LogP contribution in [0.15, 0.2) is 48.7 Å². The zero-order valence-corrected chi connectivity index (χ0v) is 15.3. The number of nitriles is 1. The van der Waals surface area contributed by atoms with Crippen LogP contribution < -0.4 is 19.9 Å². The Morgan fingerprint density at radius 2 is 1.56 bits per heavy atom. The first kappa shape index (κ1) is 18.1. The van der Waals surface area contributed by atoms with Crippen LogP contribution in [0.3, 0.4) is 0 Å². The molecule has 0 aliphatic carbocycles. The molecule has 2 aromatic carbocycles. The minimum Gasteiger partial charge on any atom is -0.493 e. The number of rotatable bonds is 5. The zero-order chi connectivity index (χ0) is 19.4. The zero-order valence-electron chi connectivity index (χ0n) is 15.3. The lowest BCUT2D eigenvalue weighted by Crippen LogP contribution is -2.01. The van der Waals surface area contributed by atoms with Crippen molar-refractivity contribution in [3.63, 3.8) is 0 Å². The van der Waals surface area contributed by atoms with Crippen LogP contribution in [-0.4, -0.2) is 26.3 Å². The van der Waals surface area contributed by atoms with E-state index in [0.29, 0.717) is 33.9 Å². The maximum absolute atomic E-state index is 9.73. The van der Waals surface area contributed by atoms with Crippen molar-refractivity contribution in [3.05, 3.63) is 54.2 Å². The Balaban J connectivity index is 2.37. The highest BCUT2D eigenvalue weighted by atomic mass is 16.5. The van der Waals surface area contributed by atoms with Crippen molar-refractivity contribution in [1.82, 2.24) is 4.98 Å². The lowest BCUT2D eigenvalue weighted by atomic mass is 9.92. The molecule has 0 unspecified atom stereocenters. The predicted molar refractivity (Wildman–Crippen MR) is 104 cm³/mol. The van der Waals surface area contributed by atoms with Gasteiger partial charge in [-0.2, -0.15) is 5.26 Å². The number of nitrogen functional groups attached to an aromatic ring is 1. The fourth-order valence-corrected chi connectivity index (χ4v) is 3.00. The summed E-state index contributed by atoms with van der Waals surface area (Å²) in [7, 11) is 4.64. The molecule has 0 saturated heterocycles. The first-order valence-electron chi connectivity index (χ1n) is 8.19. The third-order valence-electron chi connectivity index (χ3n) is 4.26. The molecule has 136 valence electrons. The van der Waals surface area contributed by atoms with Crippen molar-refractivity contribution in [2.45, 2.75) is 0 Å². The Morgan fingerprint density at radius 3 is 2.07 bits per heavy atom. The predicted octanol–water partition coefficient (Wildman–Crippen LogP) is 3.90. The number of nitrogens with zero attached hydrogens (tertiary/aromatic N) is 2. The van der Waals surface area contributed by atoms with Crippen molar-refractivity contribution in [2.75, 3.05) is 27.1 Å². The summed E-state index contributed by atoms with van der Waals surface area (Å²) in [6.07, 6.45) is 1.67. The number of methoxy groups -OCH3 is 3. The molecule has 1 heterocycles. The molecule has 0 amide bonds. The van der Waals surface area contributed by atoms with Crippen LogP contribution in [0.1, 0.15) is 5.56 Å². The number of benzene rings is 2. The second-order valence-electron chi connectivity index (χ2n) is 5.70. The number of ether oxygens (including phenoxy) is 3. The molecular weight excluding hydrogens is 342 g/mol. The molecule has 0 spiro atoms. The smallest absolute Gasteiger partial charge is 0.203 e. The average Bonchev–Trinajstić information content (AvgIpc) is 2.72. The molecule has 3 aromatic rings. The molecule has 6 heteroatoms. The Hall–Kier alpha value is -3.72. The average molecular weight is 361 g/mol. The third kappa shape index (κ3) is 3.23. The molecule has 0 atom stereocenters. The van der Waals surface area contributed by atoms with Crippen molar-refractivity contribution in [3.8, 4) is 45.6 Å². The lowest BCUT2D eigenvalue weighted by molar-refractivity contribution is 0.324. The summed E-state index contributed by atoms with van der Waals surface area (Å²) in [5, 5.41) is 9.73. The van der Waals surface area contributed by atoms with Gasteiger partial charge in [-0.3, -0.25) is 0 Å². The van der Waals surface area contributed by atoms with Crippen LogP contribution in [0, 0.1) is 11.3 Å². The molecule has 0 fully saturated rings. The van der Waals surface area contributed by atoms with E-state index in [0.717, 1.165) is 11.1 Å². The maximum Gasteiger partial charge on any atom is 0.203 e. The molecule has 6 nitrogen and oxygen atoms in total. The van der Waals surface area contributed by atoms with Gasteiger partial charge in [-0.1, -0.05) is 30.3 Å². The minimum absolute atomic E-state index is 0.168. The van der Waals surface area contributed by atoms with E-state index in [-0.39, 0.29) is 5.82 Å². The van der Waals surface area contributed by atoms with Gasteiger partial charge >= 0.3 is 0 Å². The fraction of sp³-hybridized carbons (Fsp3) is 0.143. The highest BCUT2D eigenvalue weighted by molar-refractivity contribution is 5.90. The van der Waals surface area contributed by atoms with Crippen LogP contribution >= 0.6 is 0 Å². The summed E-state index contributed by atoms with van der Waals surface area (Å²) in [5.74, 6) is 1.63. The monoisotopic (exact) mass is 361 g/mol. The lowest BCUT2D eigenvalue weighted by Gasteiger charge is -2.17. The third-order valence-corrected chi connectivity index (χ3v) is 4.26. The van der Waals surface area contributed by atoms with Gasteiger partial charge in [0.25, 0.3) is 0 Å². The first-order chi connectivity index (χ1) is 13.1. The molecule has 0 aliphatic heterocycles. The Kier molecular flexibility index (Phi) is 5.13. The normalized spacial score (nSPS) is 10.1. The van der Waals surface area contributed by atoms with Gasteiger partial charge in [0.05, 0.1) is 21.3 Å². The molecule has 1 aromatic heterocycles. The highest BCUT2D eigenvalue weighted by Crippen LogP contribution is 2.44. The summed E-state index contributed by atoms with van der Waals surface area (Å²) in [6, 6.07) is 15.5. The van der Waals surface area contributed by atoms with Gasteiger partial charge in [0.1, 0.15) is 17.5 Å². The van der Waals surface area contributed by atoms with Crippen LogP contribution in [0.4, 0.5) is 5.82 Å². The number of aromatic nitrogens is 1. The van der Waals surface area contributed by atoms with Crippen LogP contribution in [0.25, 0.3) is 22.3 Å². The molecule has 0 aliphatic rings. The Labute approximate surface area is 157 Å². The van der Waals surface area contributed by atoms with Crippen LogP contribution in [0.2, 0.25) is 0 Å². The topological polar surface area (TPSA) is 90.4 Å². The first-order valence-corrected chi connectivity index (χ1v) is 8.19. The van der Waals surface area contributed by atoms with Crippen LogP contribution in [-0.2, 0) is 0 Å². The second kappa shape index (κ2) is 7.67. The van der Waals surface area contributed by atoms with Crippen molar-refractivity contribution in [1.29, 1.82) is 5.26 Å². The number of nitrogens with two attached hydrogens (primary N) is 1. The minimum atomic E-state index is 0.168. The van der Waals surface area contributed by atoms with E-state index in [4.69, 9.17) is 19.9 Å². The van der Waals surface area contributed by atoms with E-state index < -0.39 is 0 Å². The quantitative estimate of drug-likeness (QED) is 0.741. The summed E-state index contributed by atoms with van der Waals surface area (Å²) in [5.41, 5.74) is 9.38. The molecule has 2 N–H and O–H groups in total. The molecule has 3 rings (SSSR count). The van der Waals surface area contributed by atoms with Gasteiger partial charge in [-0.05, 0) is 23.3 Å². The summed E-state index contributed by atoms with van der Waals surface area (Å²) < 4.78 is 16.3. The van der Waals surface area contributed by atoms with Gasteiger partial charge < -0.3 is 19.9 Å². The molecular formula is C21H19N3O3. The van der Waals surface area contributed by atoms with E-state index in [2.05, 4.69) is 11.1 Å². The largest absolute Gasteiger partial charge is 0.493 e. The summed E-state index contributed by atoms with van der Waals surface area (Å²) in [4.78, 5) is 4.20. The van der Waals surface area contributed by atoms with Crippen LogP contribution in [0.5, 0.6) is 17.2 Å². The number of anilines is 1. The van der Waals surface area contributed by atoms with Gasteiger partial charge in [0.2, 0.25) is 5.75 Å². The molecule has 0 radical (unpaired) electrons.